The van der Waals surface area contributed by atoms with Gasteiger partial charge >= 0.3 is 0 Å². The van der Waals surface area contributed by atoms with Gasteiger partial charge < -0.3 is 10.1 Å². The molecule has 1 N–H and O–H groups in total. The van der Waals surface area contributed by atoms with Gasteiger partial charge in [0.05, 0.1) is 0 Å². The number of carbonyl (C=O) groups excluding carboxylic acids is 1. The van der Waals surface area contributed by atoms with Crippen LogP contribution in [0.5, 0.6) is 5.75 Å². The lowest BCUT2D eigenvalue weighted by molar-refractivity contribution is -0.122. The van der Waals surface area contributed by atoms with Gasteiger partial charge in [0.2, 0.25) is 0 Å². The summed E-state index contributed by atoms with van der Waals surface area (Å²) < 4.78 is 5.90. The molecular formula is C20H19NO2S. The van der Waals surface area contributed by atoms with Crippen LogP contribution in [-0.4, -0.2) is 18.3 Å². The molecule has 0 saturated heterocycles. The topological polar surface area (TPSA) is 38.3 Å². The standard InChI is InChI=1S/C20H19NO2S/c1-14(20(22)21-16-9-6-10-17(13-16)24-2)23-19-12-5-8-15-7-3-4-11-18(15)19/h3-14H,1-2H3,(H,21,22)/t14-/m1/s1. The van der Waals surface area contributed by atoms with E-state index >= 15 is 0 Å². The molecule has 0 fully saturated rings. The van der Waals surface area contributed by atoms with Crippen molar-refractivity contribution in [1.82, 2.24) is 0 Å². The van der Waals surface area contributed by atoms with Crippen molar-refractivity contribution in [3.63, 3.8) is 0 Å². The van der Waals surface area contributed by atoms with E-state index < -0.39 is 6.10 Å². The highest BCUT2D eigenvalue weighted by Crippen LogP contribution is 2.26. The number of benzene rings is 3. The zero-order valence-corrected chi connectivity index (χ0v) is 14.5. The Morgan fingerprint density at radius 3 is 2.62 bits per heavy atom. The third kappa shape index (κ3) is 3.71. The summed E-state index contributed by atoms with van der Waals surface area (Å²) in [7, 11) is 0. The first-order valence-corrected chi connectivity index (χ1v) is 8.99. The van der Waals surface area contributed by atoms with Crippen LogP contribution in [0.1, 0.15) is 6.92 Å². The quantitative estimate of drug-likeness (QED) is 0.668. The van der Waals surface area contributed by atoms with Crippen LogP contribution in [0.4, 0.5) is 5.69 Å². The lowest BCUT2D eigenvalue weighted by atomic mass is 10.1. The van der Waals surface area contributed by atoms with Crippen LogP contribution >= 0.6 is 11.8 Å². The molecule has 0 aliphatic carbocycles. The summed E-state index contributed by atoms with van der Waals surface area (Å²) in [5.41, 5.74) is 0.778. The van der Waals surface area contributed by atoms with Crippen molar-refractivity contribution >= 4 is 34.1 Å². The van der Waals surface area contributed by atoms with Gasteiger partial charge in [-0.3, -0.25) is 4.79 Å². The number of carbonyl (C=O) groups is 1. The molecule has 1 atom stereocenters. The SMILES string of the molecule is CSc1cccc(NC(=O)[C@@H](C)Oc2cccc3ccccc23)c1. The summed E-state index contributed by atoms with van der Waals surface area (Å²) >= 11 is 1.64. The summed E-state index contributed by atoms with van der Waals surface area (Å²) in [6, 6.07) is 21.6. The second kappa shape index (κ2) is 7.41. The van der Waals surface area contributed by atoms with E-state index in [0.29, 0.717) is 5.75 Å². The van der Waals surface area contributed by atoms with Crippen LogP contribution in [-0.2, 0) is 4.79 Å². The number of hydrogen-bond acceptors (Lipinski definition) is 3. The van der Waals surface area contributed by atoms with Crippen LogP contribution < -0.4 is 10.1 Å². The Balaban J connectivity index is 1.73. The maximum absolute atomic E-state index is 12.4. The molecule has 0 aliphatic rings. The lowest BCUT2D eigenvalue weighted by Gasteiger charge is -2.16. The molecule has 3 nitrogen and oxygen atoms in total. The predicted octanol–water partition coefficient (Wildman–Crippen LogP) is 4.97. The molecule has 1 amide bonds. The molecule has 3 rings (SSSR count). The van der Waals surface area contributed by atoms with E-state index in [-0.39, 0.29) is 5.91 Å². The predicted molar refractivity (Wildman–Crippen MR) is 101 cm³/mol. The number of amides is 1. The van der Waals surface area contributed by atoms with Crippen LogP contribution in [0.2, 0.25) is 0 Å². The monoisotopic (exact) mass is 337 g/mol. The molecule has 0 unspecified atom stereocenters. The highest BCUT2D eigenvalue weighted by molar-refractivity contribution is 7.98. The third-order valence-corrected chi connectivity index (χ3v) is 4.49. The number of rotatable bonds is 5. The molecule has 122 valence electrons. The van der Waals surface area contributed by atoms with Gasteiger partial charge in [0, 0.05) is 16.0 Å². The average Bonchev–Trinajstić information content (AvgIpc) is 2.62. The first kappa shape index (κ1) is 16.4. The van der Waals surface area contributed by atoms with E-state index in [4.69, 9.17) is 4.74 Å². The highest BCUT2D eigenvalue weighted by Gasteiger charge is 2.16. The Morgan fingerprint density at radius 1 is 1.04 bits per heavy atom. The normalized spacial score (nSPS) is 11.9. The van der Waals surface area contributed by atoms with E-state index in [0.717, 1.165) is 21.4 Å². The van der Waals surface area contributed by atoms with Crippen LogP contribution in [0.15, 0.2) is 71.6 Å². The van der Waals surface area contributed by atoms with Gasteiger partial charge in [-0.2, -0.15) is 0 Å². The van der Waals surface area contributed by atoms with Gasteiger partial charge in [0.15, 0.2) is 6.10 Å². The zero-order valence-electron chi connectivity index (χ0n) is 13.7. The van der Waals surface area contributed by atoms with Crippen molar-refractivity contribution in [2.45, 2.75) is 17.9 Å². The van der Waals surface area contributed by atoms with Crippen molar-refractivity contribution in [1.29, 1.82) is 0 Å². The second-order valence-corrected chi connectivity index (χ2v) is 6.34. The number of ether oxygens (including phenoxy) is 1. The summed E-state index contributed by atoms with van der Waals surface area (Å²) in [4.78, 5) is 13.5. The number of nitrogens with one attached hydrogen (secondary N) is 1. The molecule has 3 aromatic rings. The first-order chi connectivity index (χ1) is 11.7. The number of anilines is 1. The van der Waals surface area contributed by atoms with E-state index in [1.807, 2.05) is 73.0 Å². The Kier molecular flexibility index (Phi) is 5.06. The minimum Gasteiger partial charge on any atom is -0.480 e. The molecule has 0 aliphatic heterocycles. The molecule has 0 spiro atoms. The van der Waals surface area contributed by atoms with E-state index in [1.54, 1.807) is 18.7 Å². The fourth-order valence-corrected chi connectivity index (χ4v) is 2.95. The van der Waals surface area contributed by atoms with E-state index in [1.165, 1.54) is 0 Å². The van der Waals surface area contributed by atoms with Crippen LogP contribution in [0.25, 0.3) is 10.8 Å². The molecule has 0 radical (unpaired) electrons. The van der Waals surface area contributed by atoms with Gasteiger partial charge in [-0.05, 0) is 42.8 Å². The zero-order chi connectivity index (χ0) is 16.9. The summed E-state index contributed by atoms with van der Waals surface area (Å²) in [6.45, 7) is 1.76. The van der Waals surface area contributed by atoms with Crippen molar-refractivity contribution < 1.29 is 9.53 Å². The molecule has 0 bridgehead atoms. The fraction of sp³-hybridized carbons (Fsp3) is 0.150. The van der Waals surface area contributed by atoms with Crippen molar-refractivity contribution in [3.8, 4) is 5.75 Å². The second-order valence-electron chi connectivity index (χ2n) is 5.46. The number of fused-ring (bicyclic) bond motifs is 1. The molecule has 0 aromatic heterocycles. The van der Waals surface area contributed by atoms with Crippen molar-refractivity contribution in [2.24, 2.45) is 0 Å². The Hall–Kier alpha value is -2.46. The summed E-state index contributed by atoms with van der Waals surface area (Å²) in [5, 5.41) is 5.00. The molecule has 24 heavy (non-hydrogen) atoms. The van der Waals surface area contributed by atoms with Gasteiger partial charge in [-0.15, -0.1) is 11.8 Å². The van der Waals surface area contributed by atoms with Gasteiger partial charge in [-0.1, -0.05) is 42.5 Å². The van der Waals surface area contributed by atoms with Crippen LogP contribution in [0.3, 0.4) is 0 Å². The van der Waals surface area contributed by atoms with E-state index in [2.05, 4.69) is 5.32 Å². The minimum atomic E-state index is -0.589. The Morgan fingerprint density at radius 2 is 1.79 bits per heavy atom. The first-order valence-electron chi connectivity index (χ1n) is 7.77. The Labute approximate surface area is 146 Å². The average molecular weight is 337 g/mol. The number of hydrogen-bond donors (Lipinski definition) is 1. The molecule has 0 saturated carbocycles. The molecule has 4 heteroatoms. The Bertz CT molecular complexity index is 858. The summed E-state index contributed by atoms with van der Waals surface area (Å²) in [5.74, 6) is 0.551. The number of thioether (sulfide) groups is 1. The maximum Gasteiger partial charge on any atom is 0.265 e. The molecule has 3 aromatic carbocycles. The highest BCUT2D eigenvalue weighted by atomic mass is 32.2. The van der Waals surface area contributed by atoms with Crippen LogP contribution in [0, 0.1) is 0 Å². The largest absolute Gasteiger partial charge is 0.480 e. The lowest BCUT2D eigenvalue weighted by Crippen LogP contribution is -2.30. The van der Waals surface area contributed by atoms with Gasteiger partial charge in [0.25, 0.3) is 5.91 Å². The van der Waals surface area contributed by atoms with E-state index in [9.17, 15) is 4.79 Å². The minimum absolute atomic E-state index is 0.166. The summed E-state index contributed by atoms with van der Waals surface area (Å²) in [6.07, 6.45) is 1.42. The maximum atomic E-state index is 12.4. The fourth-order valence-electron chi connectivity index (χ4n) is 2.49. The third-order valence-electron chi connectivity index (χ3n) is 3.76. The smallest absolute Gasteiger partial charge is 0.265 e. The molecule has 0 heterocycles. The molecular weight excluding hydrogens is 318 g/mol. The van der Waals surface area contributed by atoms with Crippen molar-refractivity contribution in [2.75, 3.05) is 11.6 Å². The van der Waals surface area contributed by atoms with Crippen molar-refractivity contribution in [3.05, 3.63) is 66.7 Å². The van der Waals surface area contributed by atoms with Gasteiger partial charge in [0.1, 0.15) is 5.75 Å². The van der Waals surface area contributed by atoms with Gasteiger partial charge in [-0.25, -0.2) is 0 Å².